The van der Waals surface area contributed by atoms with E-state index in [9.17, 15) is 14.7 Å². The number of benzene rings is 2. The first-order valence-electron chi connectivity index (χ1n) is 13.3. The van der Waals surface area contributed by atoms with Gasteiger partial charge in [0.1, 0.15) is 5.75 Å². The molecule has 2 aromatic carbocycles. The lowest BCUT2D eigenvalue weighted by atomic mass is 10.0. The van der Waals surface area contributed by atoms with Crippen LogP contribution in [-0.4, -0.2) is 55.8 Å². The smallest absolute Gasteiger partial charge is 0.255 e. The van der Waals surface area contributed by atoms with Crippen LogP contribution in [0.4, 0.5) is 17.5 Å². The third kappa shape index (κ3) is 7.70. The Labute approximate surface area is 246 Å². The molecule has 0 unspecified atom stereocenters. The quantitative estimate of drug-likeness (QED) is 0.0257. The molecule has 16 nitrogen and oxygen atoms in total. The fraction of sp³-hybridized carbons (Fsp3) is 0.222. The molecule has 14 N–H and O–H groups in total. The molecule has 16 heteroatoms. The van der Waals surface area contributed by atoms with Crippen molar-refractivity contribution in [3.8, 4) is 5.75 Å². The van der Waals surface area contributed by atoms with Crippen LogP contribution in [0, 0.1) is 0 Å². The maximum absolute atomic E-state index is 12.6. The highest BCUT2D eigenvalue weighted by molar-refractivity contribution is 6.09. The Hall–Kier alpha value is -5.77. The zero-order valence-electron chi connectivity index (χ0n) is 23.2. The van der Waals surface area contributed by atoms with Gasteiger partial charge in [0.15, 0.2) is 22.8 Å². The van der Waals surface area contributed by atoms with Gasteiger partial charge in [0.25, 0.3) is 11.8 Å². The first-order chi connectivity index (χ1) is 20.7. The largest absolute Gasteiger partial charge is 0.507 e. The summed E-state index contributed by atoms with van der Waals surface area (Å²) in [6.45, 7) is 0.712. The highest BCUT2D eigenvalue weighted by Crippen LogP contribution is 2.21. The van der Waals surface area contributed by atoms with Crippen molar-refractivity contribution in [1.82, 2.24) is 36.1 Å². The number of aromatic hydroxyl groups is 1. The average molecular weight is 588 g/mol. The minimum atomic E-state index is -0.405. The van der Waals surface area contributed by atoms with Crippen LogP contribution in [0.3, 0.4) is 0 Å². The van der Waals surface area contributed by atoms with Crippen LogP contribution < -0.4 is 44.9 Å². The molecule has 0 spiro atoms. The van der Waals surface area contributed by atoms with E-state index in [1.165, 1.54) is 6.07 Å². The second-order valence-corrected chi connectivity index (χ2v) is 9.50. The molecule has 0 aliphatic rings. The topological polar surface area (TPSA) is 284 Å². The van der Waals surface area contributed by atoms with Gasteiger partial charge in [-0.1, -0.05) is 6.07 Å². The summed E-state index contributed by atoms with van der Waals surface area (Å²) >= 11 is 0. The van der Waals surface area contributed by atoms with Crippen molar-refractivity contribution in [3.05, 3.63) is 70.5 Å². The van der Waals surface area contributed by atoms with Gasteiger partial charge >= 0.3 is 0 Å². The average Bonchev–Trinajstić information content (AvgIpc) is 2.97. The normalized spacial score (nSPS) is 11.3. The monoisotopic (exact) mass is 587 g/mol. The molecule has 0 fully saturated rings. The third-order valence-corrected chi connectivity index (χ3v) is 6.40. The van der Waals surface area contributed by atoms with E-state index in [0.29, 0.717) is 72.4 Å². The van der Waals surface area contributed by atoms with Crippen molar-refractivity contribution in [1.29, 1.82) is 0 Å². The number of fused-ring (bicyclic) bond motifs is 1. The van der Waals surface area contributed by atoms with Gasteiger partial charge in [-0.3, -0.25) is 9.59 Å². The fourth-order valence-corrected chi connectivity index (χ4v) is 4.25. The van der Waals surface area contributed by atoms with E-state index in [1.54, 1.807) is 36.5 Å². The zero-order valence-corrected chi connectivity index (χ0v) is 23.2. The minimum Gasteiger partial charge on any atom is -0.507 e. The Morgan fingerprint density at radius 1 is 0.860 bits per heavy atom. The van der Waals surface area contributed by atoms with Crippen molar-refractivity contribution in [2.75, 3.05) is 30.3 Å². The van der Waals surface area contributed by atoms with Gasteiger partial charge < -0.3 is 38.7 Å². The van der Waals surface area contributed by atoms with Crippen molar-refractivity contribution in [2.45, 2.75) is 25.7 Å². The summed E-state index contributed by atoms with van der Waals surface area (Å²) in [6, 6.07) is 9.55. The molecule has 0 atom stereocenters. The number of aromatic nitrogens is 4. The summed E-state index contributed by atoms with van der Waals surface area (Å²) in [6.07, 6.45) is 3.83. The number of nitrogens with zero attached hydrogens (tertiary/aromatic N) is 5. The van der Waals surface area contributed by atoms with Crippen LogP contribution in [0.1, 0.15) is 50.4 Å². The van der Waals surface area contributed by atoms with Crippen molar-refractivity contribution in [3.63, 3.8) is 0 Å². The van der Waals surface area contributed by atoms with Crippen LogP contribution in [0.25, 0.3) is 11.2 Å². The van der Waals surface area contributed by atoms with E-state index >= 15 is 0 Å². The maximum Gasteiger partial charge on any atom is 0.255 e. The molecule has 2 heterocycles. The van der Waals surface area contributed by atoms with Crippen LogP contribution in [0.2, 0.25) is 0 Å². The number of nitrogens with two attached hydrogens (primary N) is 5. The lowest BCUT2D eigenvalue weighted by molar-refractivity contribution is 0.0938. The number of amidine groups is 1. The number of aryl methyl sites for hydroxylation is 2. The van der Waals surface area contributed by atoms with Gasteiger partial charge in [0, 0.05) is 24.3 Å². The molecule has 224 valence electrons. The predicted molar refractivity (Wildman–Crippen MR) is 162 cm³/mol. The number of unbranched alkanes of at least 4 members (excludes halogenated alkanes) is 1. The summed E-state index contributed by atoms with van der Waals surface area (Å²) in [7, 11) is 0. The van der Waals surface area contributed by atoms with E-state index in [4.69, 9.17) is 28.8 Å². The van der Waals surface area contributed by atoms with E-state index in [2.05, 4.69) is 41.2 Å². The molecule has 2 aromatic heterocycles. The number of nitrogen functional groups attached to an aromatic ring is 3. The predicted octanol–water partition coefficient (Wildman–Crippen LogP) is -0.319. The van der Waals surface area contributed by atoms with Gasteiger partial charge in [-0.15, -0.1) is 5.10 Å². The molecule has 0 radical (unpaired) electrons. The van der Waals surface area contributed by atoms with E-state index in [0.717, 1.165) is 5.56 Å². The highest BCUT2D eigenvalue weighted by atomic mass is 16.3. The molecule has 43 heavy (non-hydrogen) atoms. The Morgan fingerprint density at radius 3 is 2.26 bits per heavy atom. The van der Waals surface area contributed by atoms with Crippen LogP contribution in [0.5, 0.6) is 5.75 Å². The molecule has 4 aromatic rings. The van der Waals surface area contributed by atoms with Crippen LogP contribution in [0.15, 0.2) is 47.7 Å². The van der Waals surface area contributed by atoms with Gasteiger partial charge in [-0.25, -0.2) is 21.3 Å². The van der Waals surface area contributed by atoms with E-state index < -0.39 is 5.91 Å². The number of phenolic OH excluding ortho intramolecular Hbond substituents is 1. The fourth-order valence-electron chi connectivity index (χ4n) is 4.25. The molecule has 0 saturated heterocycles. The number of rotatable bonds is 12. The number of carbonyl (C=O) groups is 2. The second-order valence-electron chi connectivity index (χ2n) is 9.50. The summed E-state index contributed by atoms with van der Waals surface area (Å²) < 4.78 is 0. The number of hydrogen-bond acceptors (Lipinski definition) is 13. The summed E-state index contributed by atoms with van der Waals surface area (Å²) in [5.74, 6) is 4.49. The number of amides is 2. The first kappa shape index (κ1) is 30.2. The van der Waals surface area contributed by atoms with E-state index in [-0.39, 0.29) is 34.8 Å². The maximum atomic E-state index is 12.6. The molecule has 4 rings (SSSR count). The Balaban J connectivity index is 1.22. The highest BCUT2D eigenvalue weighted by Gasteiger charge is 2.15. The minimum absolute atomic E-state index is 0.0191. The molecule has 0 saturated carbocycles. The summed E-state index contributed by atoms with van der Waals surface area (Å²) in [4.78, 5) is 41.9. The molecule has 2 amide bonds. The molecule has 0 aliphatic carbocycles. The summed E-state index contributed by atoms with van der Waals surface area (Å²) in [5.41, 5.74) is 28.6. The number of carbonyl (C=O) groups excluding carboxylic acids is 2. The van der Waals surface area contributed by atoms with Crippen molar-refractivity contribution in [2.24, 2.45) is 16.7 Å². The molecular weight excluding hydrogens is 554 g/mol. The third-order valence-electron chi connectivity index (χ3n) is 6.40. The Kier molecular flexibility index (Phi) is 9.64. The lowest BCUT2D eigenvalue weighted by Gasteiger charge is -2.11. The Morgan fingerprint density at radius 2 is 1.56 bits per heavy atom. The SMILES string of the molecule is NN/N=C(\N)c1cc(N)ccc1C(=O)NCCCCNC(=O)c1ccc(CCc2cnc3nc(N)nc(N)c3n2)cc1O. The number of hydrazone groups is 1. The second kappa shape index (κ2) is 13.7. The lowest BCUT2D eigenvalue weighted by Crippen LogP contribution is -2.30. The number of hydrogen-bond donors (Lipinski definition) is 9. The van der Waals surface area contributed by atoms with E-state index in [1.807, 2.05) is 0 Å². The molecule has 0 bridgehead atoms. The number of hydrazine groups is 1. The van der Waals surface area contributed by atoms with Gasteiger partial charge in [-0.2, -0.15) is 9.97 Å². The standard InChI is InChI=1S/C27H33N13O3/c28-15-5-8-17(19(12-15)22(29)39-40-32)25(42)33-9-1-2-10-34-26(43)18-7-4-14(11-20(18)41)3-6-16-13-35-24-21(36-16)23(30)37-27(31)38-24/h4-5,7-8,11-13,40-41H,1-3,6,9-10,28,32H2,(H2,29,39)(H,33,42)(H,34,43)(H4,30,31,35,37,38). The molecule has 0 aliphatic heterocycles. The number of nitrogens with one attached hydrogen (secondary N) is 3. The van der Waals surface area contributed by atoms with Crippen molar-refractivity contribution < 1.29 is 14.7 Å². The van der Waals surface area contributed by atoms with Crippen LogP contribution in [-0.2, 0) is 12.8 Å². The Bertz CT molecular complexity index is 1680. The number of phenols is 1. The van der Waals surface area contributed by atoms with Crippen LogP contribution >= 0.6 is 0 Å². The zero-order chi connectivity index (χ0) is 30.9. The van der Waals surface area contributed by atoms with Gasteiger partial charge in [0.05, 0.1) is 23.0 Å². The number of anilines is 3. The summed E-state index contributed by atoms with van der Waals surface area (Å²) in [5, 5.41) is 19.8. The first-order valence-corrected chi connectivity index (χ1v) is 13.3. The van der Waals surface area contributed by atoms with Crippen molar-refractivity contribution >= 4 is 46.3 Å². The molecular formula is C27H33N13O3. The van der Waals surface area contributed by atoms with Gasteiger partial charge in [-0.05, 0) is 61.6 Å². The van der Waals surface area contributed by atoms with Gasteiger partial charge in [0.2, 0.25) is 5.95 Å².